The summed E-state index contributed by atoms with van der Waals surface area (Å²) in [6.07, 6.45) is -2.05. The van der Waals surface area contributed by atoms with Crippen LogP contribution in [0.15, 0.2) is 22.1 Å². The molecule has 0 saturated carbocycles. The van der Waals surface area contributed by atoms with Crippen LogP contribution in [0.25, 0.3) is 5.57 Å². The summed E-state index contributed by atoms with van der Waals surface area (Å²) in [4.78, 5) is 21.9. The first kappa shape index (κ1) is 28.4. The largest absolute Gasteiger partial charge is 0.404 e. The van der Waals surface area contributed by atoms with Gasteiger partial charge in [-0.3, -0.25) is 4.79 Å². The molecule has 0 radical (unpaired) electrons. The average molecular weight is 550 g/mol. The minimum atomic E-state index is -4.28. The number of amides is 1. The molecule has 0 spiro atoms. The number of rotatable bonds is 8. The second-order valence-electron chi connectivity index (χ2n) is 8.57. The fourth-order valence-electron chi connectivity index (χ4n) is 3.80. The lowest BCUT2D eigenvalue weighted by atomic mass is 9.78. The van der Waals surface area contributed by atoms with E-state index in [0.717, 1.165) is 12.4 Å². The van der Waals surface area contributed by atoms with Gasteiger partial charge in [-0.05, 0) is 25.8 Å². The Kier molecular flexibility index (Phi) is 9.11. The Hall–Kier alpha value is -3.22. The molecule has 1 atom stereocenters. The van der Waals surface area contributed by atoms with Crippen molar-refractivity contribution >= 4 is 41.1 Å². The van der Waals surface area contributed by atoms with Gasteiger partial charge in [0.05, 0.1) is 22.7 Å². The summed E-state index contributed by atoms with van der Waals surface area (Å²) >= 11 is 5.87. The molecule has 2 heterocycles. The van der Waals surface area contributed by atoms with Crippen LogP contribution in [0.3, 0.4) is 0 Å². The highest BCUT2D eigenvalue weighted by molar-refractivity contribution is 6.33. The molecule has 1 saturated heterocycles. The van der Waals surface area contributed by atoms with Crippen LogP contribution in [0.1, 0.15) is 38.5 Å². The average Bonchev–Trinajstić information content (AvgIpc) is 3.24. The van der Waals surface area contributed by atoms with E-state index in [1.807, 2.05) is 0 Å². The van der Waals surface area contributed by atoms with E-state index in [4.69, 9.17) is 16.0 Å². The SMILES string of the molecule is CC1=C(c2nnc(NC3CN(c4cc(F)cc(F)c4Cl)C3)o2)CC1C(F)(F)F.CNC(=O)CCCC=O. The van der Waals surface area contributed by atoms with Crippen LogP contribution in [-0.2, 0) is 9.59 Å². The van der Waals surface area contributed by atoms with Crippen molar-refractivity contribution in [1.82, 2.24) is 15.5 Å². The second-order valence-corrected chi connectivity index (χ2v) is 8.95. The third kappa shape index (κ3) is 6.96. The number of halogens is 6. The van der Waals surface area contributed by atoms with Crippen molar-refractivity contribution in [2.75, 3.05) is 30.4 Å². The van der Waals surface area contributed by atoms with E-state index in [0.29, 0.717) is 44.0 Å². The number of anilines is 2. The number of aromatic nitrogens is 2. The molecule has 8 nitrogen and oxygen atoms in total. The Morgan fingerprint density at radius 1 is 1.27 bits per heavy atom. The van der Waals surface area contributed by atoms with E-state index in [1.165, 1.54) is 6.92 Å². The van der Waals surface area contributed by atoms with Crippen LogP contribution in [0.2, 0.25) is 5.02 Å². The van der Waals surface area contributed by atoms with Gasteiger partial charge in [0.25, 0.3) is 0 Å². The van der Waals surface area contributed by atoms with Gasteiger partial charge in [-0.2, -0.15) is 13.2 Å². The number of carbonyl (C=O) groups is 2. The number of nitrogens with zero attached hydrogens (tertiary/aromatic N) is 3. The van der Waals surface area contributed by atoms with Crippen molar-refractivity contribution in [3.63, 3.8) is 0 Å². The van der Waals surface area contributed by atoms with Crippen LogP contribution >= 0.6 is 11.6 Å². The maximum atomic E-state index is 13.5. The minimum absolute atomic E-state index is 0.00292. The number of benzene rings is 1. The molecule has 1 fully saturated rings. The van der Waals surface area contributed by atoms with Crippen molar-refractivity contribution in [2.24, 2.45) is 5.92 Å². The van der Waals surface area contributed by atoms with Crippen molar-refractivity contribution < 1.29 is 36.0 Å². The number of hydrogen-bond acceptors (Lipinski definition) is 7. The summed E-state index contributed by atoms with van der Waals surface area (Å²) in [6.45, 7) is 2.18. The maximum absolute atomic E-state index is 13.5. The molecule has 4 rings (SSSR count). The predicted molar refractivity (Wildman–Crippen MR) is 126 cm³/mol. The number of unbranched alkanes of at least 4 members (excludes halogenated alkanes) is 1. The number of allylic oxidation sites excluding steroid dienone is 2. The summed E-state index contributed by atoms with van der Waals surface area (Å²) in [7, 11) is 1.59. The number of aldehydes is 1. The molecule has 1 aliphatic heterocycles. The highest BCUT2D eigenvalue weighted by atomic mass is 35.5. The van der Waals surface area contributed by atoms with Crippen LogP contribution in [0.5, 0.6) is 0 Å². The number of nitrogens with one attached hydrogen (secondary N) is 2. The van der Waals surface area contributed by atoms with E-state index in [-0.39, 0.29) is 46.6 Å². The topological polar surface area (TPSA) is 100 Å². The zero-order valence-corrected chi connectivity index (χ0v) is 20.7. The molecule has 14 heteroatoms. The fraction of sp³-hybridized carbons (Fsp3) is 0.478. The first-order valence-electron chi connectivity index (χ1n) is 11.3. The summed E-state index contributed by atoms with van der Waals surface area (Å²) in [5.41, 5.74) is 0.831. The molecule has 1 unspecified atom stereocenters. The van der Waals surface area contributed by atoms with E-state index < -0.39 is 23.7 Å². The molecule has 1 aliphatic carbocycles. The molecule has 2 aliphatic rings. The normalized spacial score (nSPS) is 17.4. The van der Waals surface area contributed by atoms with Gasteiger partial charge in [-0.1, -0.05) is 22.3 Å². The molecule has 1 aromatic carbocycles. The molecular weight excluding hydrogens is 525 g/mol. The third-order valence-corrected chi connectivity index (χ3v) is 6.39. The molecular formula is C23H25ClF5N5O3. The Labute approximate surface area is 214 Å². The molecule has 1 aromatic heterocycles. The minimum Gasteiger partial charge on any atom is -0.404 e. The second kappa shape index (κ2) is 11.9. The van der Waals surface area contributed by atoms with Gasteiger partial charge in [-0.25, -0.2) is 8.78 Å². The Bertz CT molecular complexity index is 1160. The van der Waals surface area contributed by atoms with Gasteiger partial charge in [0, 0.05) is 44.6 Å². The van der Waals surface area contributed by atoms with Gasteiger partial charge in [0.15, 0.2) is 0 Å². The Morgan fingerprint density at radius 2 is 1.97 bits per heavy atom. The van der Waals surface area contributed by atoms with Gasteiger partial charge >= 0.3 is 12.2 Å². The van der Waals surface area contributed by atoms with Crippen LogP contribution in [-0.4, -0.2) is 54.7 Å². The van der Waals surface area contributed by atoms with Gasteiger partial charge in [-0.15, -0.1) is 5.10 Å². The van der Waals surface area contributed by atoms with E-state index in [9.17, 15) is 31.5 Å². The maximum Gasteiger partial charge on any atom is 0.395 e. The Balaban J connectivity index is 0.000000364. The van der Waals surface area contributed by atoms with E-state index in [1.54, 1.807) is 11.9 Å². The summed E-state index contributed by atoms with van der Waals surface area (Å²) in [5, 5.41) is 12.8. The lowest BCUT2D eigenvalue weighted by Crippen LogP contribution is -2.55. The van der Waals surface area contributed by atoms with Crippen molar-refractivity contribution in [3.8, 4) is 0 Å². The smallest absolute Gasteiger partial charge is 0.395 e. The van der Waals surface area contributed by atoms with Crippen molar-refractivity contribution in [2.45, 2.75) is 44.8 Å². The summed E-state index contributed by atoms with van der Waals surface area (Å²) in [6, 6.07) is 1.79. The molecule has 2 aromatic rings. The lowest BCUT2D eigenvalue weighted by Gasteiger charge is -2.41. The molecule has 37 heavy (non-hydrogen) atoms. The Morgan fingerprint density at radius 3 is 2.57 bits per heavy atom. The van der Waals surface area contributed by atoms with Crippen molar-refractivity contribution in [1.29, 1.82) is 0 Å². The highest BCUT2D eigenvalue weighted by Gasteiger charge is 2.48. The zero-order chi connectivity index (χ0) is 27.3. The number of hydrogen-bond donors (Lipinski definition) is 2. The van der Waals surface area contributed by atoms with Crippen LogP contribution in [0.4, 0.5) is 33.7 Å². The first-order chi connectivity index (χ1) is 17.4. The highest BCUT2D eigenvalue weighted by Crippen LogP contribution is 2.49. The van der Waals surface area contributed by atoms with Gasteiger partial charge in [0.1, 0.15) is 17.9 Å². The monoisotopic (exact) mass is 549 g/mol. The van der Waals surface area contributed by atoms with Crippen LogP contribution < -0.4 is 15.5 Å². The zero-order valence-electron chi connectivity index (χ0n) is 20.0. The molecule has 202 valence electrons. The molecule has 0 bridgehead atoms. The van der Waals surface area contributed by atoms with E-state index in [2.05, 4.69) is 20.8 Å². The number of carbonyl (C=O) groups excluding carboxylic acids is 2. The van der Waals surface area contributed by atoms with Gasteiger partial charge < -0.3 is 24.7 Å². The third-order valence-electron chi connectivity index (χ3n) is 6.01. The van der Waals surface area contributed by atoms with Crippen LogP contribution in [0, 0.1) is 17.6 Å². The predicted octanol–water partition coefficient (Wildman–Crippen LogP) is 4.76. The summed E-state index contributed by atoms with van der Waals surface area (Å²) < 4.78 is 70.6. The number of alkyl halides is 3. The fourth-order valence-corrected chi connectivity index (χ4v) is 4.03. The van der Waals surface area contributed by atoms with E-state index >= 15 is 0 Å². The lowest BCUT2D eigenvalue weighted by molar-refractivity contribution is -0.166. The standard InChI is InChI=1S/C17H14ClF5N4O.C6H11NO2/c1-7-10(4-11(7)17(21,22)23)15-25-26-16(28-15)24-9-5-27(6-9)13-3-8(19)2-12(20)14(13)18;1-7-6(9)4-2-3-5-8/h2-3,9,11H,4-6H2,1H3,(H,24,26);5H,2-4H2,1H3,(H,7,9). The van der Waals surface area contributed by atoms with Crippen molar-refractivity contribution in [3.05, 3.63) is 40.3 Å². The molecule has 1 amide bonds. The summed E-state index contributed by atoms with van der Waals surface area (Å²) in [5.74, 6) is -2.97. The quantitative estimate of drug-likeness (QED) is 0.212. The molecule has 2 N–H and O–H groups in total. The van der Waals surface area contributed by atoms with Gasteiger partial charge in [0.2, 0.25) is 11.8 Å². The first-order valence-corrected chi connectivity index (χ1v) is 11.7.